The van der Waals surface area contributed by atoms with Gasteiger partial charge in [0, 0.05) is 12.6 Å². The molecule has 0 spiro atoms. The lowest BCUT2D eigenvalue weighted by Gasteiger charge is -2.29. The minimum atomic E-state index is -0.974. The predicted molar refractivity (Wildman–Crippen MR) is 57.7 cm³/mol. The molecule has 1 aliphatic rings. The molecule has 1 aromatic heterocycles. The third-order valence-corrected chi connectivity index (χ3v) is 2.46. The molecule has 17 heavy (non-hydrogen) atoms. The number of anilines is 1. The van der Waals surface area contributed by atoms with Crippen LogP contribution >= 0.6 is 0 Å². The highest BCUT2D eigenvalue weighted by atomic mass is 16.5. The van der Waals surface area contributed by atoms with Crippen LogP contribution in [0.1, 0.15) is 12.6 Å². The van der Waals surface area contributed by atoms with Crippen LogP contribution in [0.2, 0.25) is 0 Å². The van der Waals surface area contributed by atoms with E-state index in [2.05, 4.69) is 10.1 Å². The predicted octanol–water partition coefficient (Wildman–Crippen LogP) is -1.06. The maximum absolute atomic E-state index is 11.5. The van der Waals surface area contributed by atoms with Gasteiger partial charge in [-0.15, -0.1) is 0 Å². The lowest BCUT2D eigenvalue weighted by molar-refractivity contribution is -0.0826. The second-order valence-electron chi connectivity index (χ2n) is 3.68. The summed E-state index contributed by atoms with van der Waals surface area (Å²) in [4.78, 5) is 15.1. The Bertz CT molecular complexity index is 498. The standard InChI is InChI=1S/C9H12N4O4/c10-7-1-2-13(9(15)11-7)8-6(14)3-5(12-16)4-17-8/h1-2,6,8,14,16H,3-4H2,(H2,10,11,15). The van der Waals surface area contributed by atoms with Crippen molar-refractivity contribution in [1.29, 1.82) is 0 Å². The molecule has 4 N–H and O–H groups in total. The SMILES string of the molecule is Nc1ccn(C2OCC(=NO)CC2O)c(=O)n1. The van der Waals surface area contributed by atoms with Crippen molar-refractivity contribution >= 4 is 11.5 Å². The fourth-order valence-corrected chi connectivity index (χ4v) is 1.65. The summed E-state index contributed by atoms with van der Waals surface area (Å²) in [6.45, 7) is 0.0506. The summed E-state index contributed by atoms with van der Waals surface area (Å²) >= 11 is 0. The maximum atomic E-state index is 11.5. The number of aromatic nitrogens is 2. The Morgan fingerprint density at radius 2 is 2.41 bits per heavy atom. The van der Waals surface area contributed by atoms with Crippen molar-refractivity contribution < 1.29 is 15.1 Å². The molecule has 8 nitrogen and oxygen atoms in total. The van der Waals surface area contributed by atoms with Gasteiger partial charge in [0.1, 0.15) is 11.9 Å². The van der Waals surface area contributed by atoms with E-state index in [0.717, 1.165) is 4.57 Å². The third-order valence-electron chi connectivity index (χ3n) is 2.46. The molecule has 0 saturated carbocycles. The molecule has 1 aromatic rings. The average Bonchev–Trinajstić information content (AvgIpc) is 2.30. The molecular formula is C9H12N4O4. The number of hydrogen-bond donors (Lipinski definition) is 3. The van der Waals surface area contributed by atoms with Gasteiger partial charge in [0.05, 0.1) is 12.3 Å². The fourth-order valence-electron chi connectivity index (χ4n) is 1.65. The van der Waals surface area contributed by atoms with Gasteiger partial charge in [-0.3, -0.25) is 4.57 Å². The zero-order valence-corrected chi connectivity index (χ0v) is 8.85. The highest BCUT2D eigenvalue weighted by Crippen LogP contribution is 2.20. The van der Waals surface area contributed by atoms with Crippen molar-refractivity contribution in [3.63, 3.8) is 0 Å². The summed E-state index contributed by atoms with van der Waals surface area (Å²) in [6.07, 6.45) is -0.281. The molecule has 1 aliphatic heterocycles. The van der Waals surface area contributed by atoms with E-state index in [-0.39, 0.29) is 18.8 Å². The zero-order chi connectivity index (χ0) is 12.4. The molecule has 0 aliphatic carbocycles. The number of aliphatic hydroxyl groups excluding tert-OH is 1. The molecule has 1 saturated heterocycles. The van der Waals surface area contributed by atoms with E-state index in [0.29, 0.717) is 5.71 Å². The third kappa shape index (κ3) is 2.27. The lowest BCUT2D eigenvalue weighted by Crippen LogP contribution is -2.41. The molecule has 0 bridgehead atoms. The number of nitrogens with zero attached hydrogens (tertiary/aromatic N) is 3. The van der Waals surface area contributed by atoms with Crippen LogP contribution in [0.25, 0.3) is 0 Å². The smallest absolute Gasteiger partial charge is 0.351 e. The van der Waals surface area contributed by atoms with Crippen LogP contribution in [-0.2, 0) is 4.74 Å². The number of aliphatic hydroxyl groups is 1. The van der Waals surface area contributed by atoms with E-state index in [9.17, 15) is 9.90 Å². The van der Waals surface area contributed by atoms with Gasteiger partial charge in [-0.05, 0) is 6.07 Å². The first-order valence-electron chi connectivity index (χ1n) is 4.96. The van der Waals surface area contributed by atoms with Gasteiger partial charge in [0.2, 0.25) is 0 Å². The van der Waals surface area contributed by atoms with Crippen molar-refractivity contribution in [2.24, 2.45) is 5.16 Å². The Morgan fingerprint density at radius 3 is 3.00 bits per heavy atom. The van der Waals surface area contributed by atoms with Crippen molar-refractivity contribution in [3.8, 4) is 0 Å². The summed E-state index contributed by atoms with van der Waals surface area (Å²) < 4.78 is 6.39. The van der Waals surface area contributed by atoms with E-state index in [1.54, 1.807) is 0 Å². The minimum Gasteiger partial charge on any atom is -0.411 e. The molecule has 2 unspecified atom stereocenters. The van der Waals surface area contributed by atoms with E-state index in [4.69, 9.17) is 15.7 Å². The molecular weight excluding hydrogens is 228 g/mol. The van der Waals surface area contributed by atoms with Crippen molar-refractivity contribution in [2.45, 2.75) is 18.8 Å². The number of hydrogen-bond acceptors (Lipinski definition) is 7. The van der Waals surface area contributed by atoms with Crippen LogP contribution < -0.4 is 11.4 Å². The fraction of sp³-hybridized carbons (Fsp3) is 0.444. The largest absolute Gasteiger partial charge is 0.411 e. The number of rotatable bonds is 1. The normalized spacial score (nSPS) is 27.2. The Kier molecular flexibility index (Phi) is 3.07. The van der Waals surface area contributed by atoms with Gasteiger partial charge in [-0.25, -0.2) is 4.79 Å². The van der Waals surface area contributed by atoms with Crippen LogP contribution in [0, 0.1) is 0 Å². The first kappa shape index (κ1) is 11.6. The monoisotopic (exact) mass is 240 g/mol. The van der Waals surface area contributed by atoms with Gasteiger partial charge in [0.15, 0.2) is 6.23 Å². The van der Waals surface area contributed by atoms with Gasteiger partial charge in [-0.1, -0.05) is 5.16 Å². The van der Waals surface area contributed by atoms with Gasteiger partial charge in [-0.2, -0.15) is 4.98 Å². The molecule has 2 rings (SSSR count). The summed E-state index contributed by atoms with van der Waals surface area (Å²) in [7, 11) is 0. The Balaban J connectivity index is 2.26. The second kappa shape index (κ2) is 4.52. The van der Waals surface area contributed by atoms with Crippen molar-refractivity contribution in [3.05, 3.63) is 22.7 Å². The first-order chi connectivity index (χ1) is 8.11. The summed E-state index contributed by atoms with van der Waals surface area (Å²) in [5, 5.41) is 21.3. The van der Waals surface area contributed by atoms with Crippen molar-refractivity contribution in [2.75, 3.05) is 12.3 Å². The van der Waals surface area contributed by atoms with Crippen LogP contribution in [0.5, 0.6) is 0 Å². The number of nitrogens with two attached hydrogens (primary N) is 1. The topological polar surface area (TPSA) is 123 Å². The Morgan fingerprint density at radius 1 is 1.65 bits per heavy atom. The summed E-state index contributed by atoms with van der Waals surface area (Å²) in [5.74, 6) is 0.106. The lowest BCUT2D eigenvalue weighted by atomic mass is 10.1. The highest BCUT2D eigenvalue weighted by molar-refractivity contribution is 5.86. The van der Waals surface area contributed by atoms with E-state index in [1.807, 2.05) is 0 Å². The molecule has 2 atom stereocenters. The number of nitrogen functional groups attached to an aromatic ring is 1. The molecule has 0 amide bonds. The maximum Gasteiger partial charge on any atom is 0.351 e. The molecule has 0 radical (unpaired) electrons. The average molecular weight is 240 g/mol. The first-order valence-corrected chi connectivity index (χ1v) is 4.96. The quantitative estimate of drug-likeness (QED) is 0.424. The Labute approximate surface area is 96.0 Å². The van der Waals surface area contributed by atoms with Gasteiger partial charge < -0.3 is 20.8 Å². The van der Waals surface area contributed by atoms with Crippen molar-refractivity contribution in [1.82, 2.24) is 9.55 Å². The Hall–Kier alpha value is -1.93. The second-order valence-corrected chi connectivity index (χ2v) is 3.68. The van der Waals surface area contributed by atoms with Crippen LogP contribution in [0.15, 0.2) is 22.2 Å². The van der Waals surface area contributed by atoms with Gasteiger partial charge >= 0.3 is 5.69 Å². The minimum absolute atomic E-state index is 0.0506. The van der Waals surface area contributed by atoms with E-state index in [1.165, 1.54) is 12.3 Å². The number of ether oxygens (including phenoxy) is 1. The summed E-state index contributed by atoms with van der Waals surface area (Å²) in [5.41, 5.74) is 5.08. The molecule has 0 aromatic carbocycles. The molecule has 1 fully saturated rings. The molecule has 8 heteroatoms. The summed E-state index contributed by atoms with van der Waals surface area (Å²) in [6, 6.07) is 1.44. The van der Waals surface area contributed by atoms with E-state index >= 15 is 0 Å². The van der Waals surface area contributed by atoms with Crippen LogP contribution in [0.3, 0.4) is 0 Å². The van der Waals surface area contributed by atoms with Crippen LogP contribution in [0.4, 0.5) is 5.82 Å². The van der Waals surface area contributed by atoms with E-state index < -0.39 is 18.0 Å². The van der Waals surface area contributed by atoms with Gasteiger partial charge in [0.25, 0.3) is 0 Å². The highest BCUT2D eigenvalue weighted by Gasteiger charge is 2.30. The molecule has 92 valence electrons. The van der Waals surface area contributed by atoms with Crippen LogP contribution in [-0.4, -0.2) is 38.3 Å². The molecule has 2 heterocycles. The zero-order valence-electron chi connectivity index (χ0n) is 8.85. The number of oxime groups is 1.